The molecule has 1 amide bonds. The number of halogens is 1. The molecule has 28 heavy (non-hydrogen) atoms. The van der Waals surface area contributed by atoms with Crippen molar-refractivity contribution in [2.24, 2.45) is 10.9 Å². The van der Waals surface area contributed by atoms with Crippen LogP contribution in [-0.2, 0) is 9.53 Å². The zero-order valence-electron chi connectivity index (χ0n) is 17.1. The highest BCUT2D eigenvalue weighted by Gasteiger charge is 2.25. The fourth-order valence-corrected chi connectivity index (χ4v) is 4.02. The molecule has 0 spiro atoms. The van der Waals surface area contributed by atoms with Gasteiger partial charge in [-0.25, -0.2) is 0 Å². The second-order valence-corrected chi connectivity index (χ2v) is 7.88. The lowest BCUT2D eigenvalue weighted by Gasteiger charge is -2.36. The first-order valence-electron chi connectivity index (χ1n) is 9.61. The van der Waals surface area contributed by atoms with Crippen molar-refractivity contribution in [3.63, 3.8) is 0 Å². The second kappa shape index (κ2) is 14.1. The van der Waals surface area contributed by atoms with Gasteiger partial charge in [-0.3, -0.25) is 14.7 Å². The number of rotatable bonds is 9. The number of aliphatic imine (C=N–C) groups is 1. The molecule has 1 atom stereocenters. The van der Waals surface area contributed by atoms with Crippen molar-refractivity contribution in [1.82, 2.24) is 20.9 Å². The summed E-state index contributed by atoms with van der Waals surface area (Å²) in [6.45, 7) is 6.55. The molecule has 1 aromatic rings. The predicted octanol–water partition coefficient (Wildman–Crippen LogP) is 2.07. The average molecular weight is 523 g/mol. The topological polar surface area (TPSA) is 78.0 Å². The molecule has 0 aromatic carbocycles. The van der Waals surface area contributed by atoms with Crippen molar-refractivity contribution in [3.8, 4) is 0 Å². The van der Waals surface area contributed by atoms with E-state index in [2.05, 4.69) is 50.3 Å². The van der Waals surface area contributed by atoms with E-state index in [-0.39, 0.29) is 36.4 Å². The van der Waals surface area contributed by atoms with Crippen molar-refractivity contribution >= 4 is 47.2 Å². The fraction of sp³-hybridized carbons (Fsp3) is 0.684. The summed E-state index contributed by atoms with van der Waals surface area (Å²) < 4.78 is 4.93. The Kier molecular flexibility index (Phi) is 12.7. The first-order valence-corrected chi connectivity index (χ1v) is 10.5. The van der Waals surface area contributed by atoms with Gasteiger partial charge < -0.3 is 20.7 Å². The van der Waals surface area contributed by atoms with Crippen LogP contribution in [-0.4, -0.2) is 70.3 Å². The van der Waals surface area contributed by atoms with Crippen molar-refractivity contribution in [1.29, 1.82) is 0 Å². The Bertz CT molecular complexity index is 577. The van der Waals surface area contributed by atoms with Crippen molar-refractivity contribution < 1.29 is 9.53 Å². The van der Waals surface area contributed by atoms with Crippen molar-refractivity contribution in [2.45, 2.75) is 25.8 Å². The van der Waals surface area contributed by atoms with Crippen LogP contribution in [0.5, 0.6) is 0 Å². The third kappa shape index (κ3) is 8.62. The number of hydrogen-bond acceptors (Lipinski definition) is 5. The number of thiophene rings is 1. The molecule has 1 fully saturated rings. The lowest BCUT2D eigenvalue weighted by Crippen LogP contribution is -2.47. The number of piperidine rings is 1. The van der Waals surface area contributed by atoms with E-state index in [9.17, 15) is 4.79 Å². The largest absolute Gasteiger partial charge is 0.383 e. The lowest BCUT2D eigenvalue weighted by atomic mass is 9.97. The number of amides is 1. The van der Waals surface area contributed by atoms with E-state index in [1.54, 1.807) is 25.5 Å². The van der Waals surface area contributed by atoms with Gasteiger partial charge in [0.15, 0.2) is 5.96 Å². The molecule has 1 aliphatic rings. The number of hydrogen-bond donors (Lipinski definition) is 3. The average Bonchev–Trinajstić information content (AvgIpc) is 3.20. The maximum Gasteiger partial charge on any atom is 0.239 e. The molecule has 160 valence electrons. The van der Waals surface area contributed by atoms with Gasteiger partial charge in [-0.15, -0.1) is 35.3 Å². The van der Waals surface area contributed by atoms with Crippen LogP contribution in [0.3, 0.4) is 0 Å². The molecule has 3 N–H and O–H groups in total. The summed E-state index contributed by atoms with van der Waals surface area (Å²) in [6.07, 6.45) is 2.49. The maximum absolute atomic E-state index is 11.8. The lowest BCUT2D eigenvalue weighted by molar-refractivity contribution is -0.120. The monoisotopic (exact) mass is 523 g/mol. The minimum Gasteiger partial charge on any atom is -0.383 e. The highest BCUT2D eigenvalue weighted by molar-refractivity contribution is 14.0. The summed E-state index contributed by atoms with van der Waals surface area (Å²) in [5, 5.41) is 11.4. The molecule has 0 saturated carbocycles. The number of carbonyl (C=O) groups excluding carboxylic acids is 1. The summed E-state index contributed by atoms with van der Waals surface area (Å²) in [6, 6.07) is 4.64. The molecular formula is C19H34IN5O2S. The molecule has 1 saturated heterocycles. The van der Waals surface area contributed by atoms with E-state index in [1.165, 1.54) is 17.7 Å². The summed E-state index contributed by atoms with van der Waals surface area (Å²) in [5.41, 5.74) is 0. The van der Waals surface area contributed by atoms with E-state index in [0.29, 0.717) is 25.2 Å². The summed E-state index contributed by atoms with van der Waals surface area (Å²) in [4.78, 5) is 20.0. The van der Waals surface area contributed by atoms with E-state index >= 15 is 0 Å². The van der Waals surface area contributed by atoms with Gasteiger partial charge in [0, 0.05) is 32.1 Å². The number of nitrogens with zero attached hydrogens (tertiary/aromatic N) is 2. The van der Waals surface area contributed by atoms with E-state index < -0.39 is 0 Å². The zero-order valence-corrected chi connectivity index (χ0v) is 20.2. The van der Waals surface area contributed by atoms with Gasteiger partial charge in [0.25, 0.3) is 0 Å². The highest BCUT2D eigenvalue weighted by atomic mass is 127. The quantitative estimate of drug-likeness (QED) is 0.200. The van der Waals surface area contributed by atoms with Gasteiger partial charge >= 0.3 is 0 Å². The van der Waals surface area contributed by atoms with Crippen LogP contribution in [0.1, 0.15) is 30.7 Å². The molecule has 0 aliphatic carbocycles. The minimum absolute atomic E-state index is 0. The molecule has 9 heteroatoms. The SMILES string of the molecule is CN=C(NCC(=O)NCCOC)NCC(c1cccs1)N1CCC(C)CC1.I. The number of nitrogens with one attached hydrogen (secondary N) is 3. The fourth-order valence-electron chi connectivity index (χ4n) is 3.16. The first kappa shape index (κ1) is 25.1. The maximum atomic E-state index is 11.8. The van der Waals surface area contributed by atoms with Gasteiger partial charge in [-0.2, -0.15) is 0 Å². The van der Waals surface area contributed by atoms with Gasteiger partial charge in [0.2, 0.25) is 5.91 Å². The molecule has 0 radical (unpaired) electrons. The first-order chi connectivity index (χ1) is 13.1. The van der Waals surface area contributed by atoms with Gasteiger partial charge in [-0.05, 0) is 43.3 Å². The summed E-state index contributed by atoms with van der Waals surface area (Å²) >= 11 is 1.80. The molecule has 7 nitrogen and oxygen atoms in total. The van der Waals surface area contributed by atoms with Crippen LogP contribution in [0, 0.1) is 5.92 Å². The highest BCUT2D eigenvalue weighted by Crippen LogP contribution is 2.28. The Hall–Kier alpha value is -0.910. The van der Waals surface area contributed by atoms with Crippen LogP contribution in [0.2, 0.25) is 0 Å². The predicted molar refractivity (Wildman–Crippen MR) is 127 cm³/mol. The number of likely N-dealkylation sites (tertiary alicyclic amines) is 1. The van der Waals surface area contributed by atoms with Crippen LogP contribution in [0.25, 0.3) is 0 Å². The van der Waals surface area contributed by atoms with Crippen LogP contribution in [0.15, 0.2) is 22.5 Å². The molecule has 2 rings (SSSR count). The summed E-state index contributed by atoms with van der Waals surface area (Å²) in [7, 11) is 3.34. The van der Waals surface area contributed by atoms with E-state index in [1.807, 2.05) is 0 Å². The molecule has 1 aromatic heterocycles. The Morgan fingerprint density at radius 3 is 2.71 bits per heavy atom. The van der Waals surface area contributed by atoms with Crippen LogP contribution < -0.4 is 16.0 Å². The van der Waals surface area contributed by atoms with Gasteiger partial charge in [0.05, 0.1) is 19.2 Å². The zero-order chi connectivity index (χ0) is 19.5. The van der Waals surface area contributed by atoms with E-state index in [4.69, 9.17) is 4.74 Å². The molecule has 1 aliphatic heterocycles. The van der Waals surface area contributed by atoms with Crippen molar-refractivity contribution in [2.75, 3.05) is 53.5 Å². The third-order valence-electron chi connectivity index (χ3n) is 4.86. The van der Waals surface area contributed by atoms with Crippen molar-refractivity contribution in [3.05, 3.63) is 22.4 Å². The molecule has 1 unspecified atom stereocenters. The van der Waals surface area contributed by atoms with Gasteiger partial charge in [-0.1, -0.05) is 13.0 Å². The molecule has 2 heterocycles. The Labute approximate surface area is 189 Å². The second-order valence-electron chi connectivity index (χ2n) is 6.90. The third-order valence-corrected chi connectivity index (χ3v) is 5.84. The minimum atomic E-state index is -0.0742. The molecular weight excluding hydrogens is 489 g/mol. The number of methoxy groups -OCH3 is 1. The Morgan fingerprint density at radius 1 is 1.36 bits per heavy atom. The smallest absolute Gasteiger partial charge is 0.239 e. The van der Waals surface area contributed by atoms with E-state index in [0.717, 1.165) is 25.6 Å². The number of carbonyl (C=O) groups is 1. The molecule has 0 bridgehead atoms. The number of ether oxygens (including phenoxy) is 1. The number of guanidine groups is 1. The van der Waals surface area contributed by atoms with Crippen LogP contribution >= 0.6 is 35.3 Å². The Morgan fingerprint density at radius 2 is 2.11 bits per heavy atom. The summed E-state index contributed by atoms with van der Waals surface area (Å²) in [5.74, 6) is 1.38. The van der Waals surface area contributed by atoms with Gasteiger partial charge in [0.1, 0.15) is 0 Å². The normalized spacial score (nSPS) is 16.9. The standard InChI is InChI=1S/C19H33N5O2S.HI/c1-15-6-9-24(10-7-15)16(17-5-4-12-27-17)13-22-19(20-2)23-14-18(25)21-8-11-26-3;/h4-5,12,15-16H,6-11,13-14H2,1-3H3,(H,21,25)(H2,20,22,23);1H. The van der Waals surface area contributed by atoms with Crippen LogP contribution in [0.4, 0.5) is 0 Å². The Balaban J connectivity index is 0.00000392.